The predicted octanol–water partition coefficient (Wildman–Crippen LogP) is 2.25. The summed E-state index contributed by atoms with van der Waals surface area (Å²) in [4.78, 5) is 13.6. The molecule has 4 nitrogen and oxygen atoms in total. The molecule has 1 heterocycles. The fraction of sp³-hybridized carbons (Fsp3) is 0.333. The molecule has 0 fully saturated rings. The van der Waals surface area contributed by atoms with E-state index in [-0.39, 0.29) is 0 Å². The van der Waals surface area contributed by atoms with Gasteiger partial charge in [0.15, 0.2) is 0 Å². The number of nitrogens with two attached hydrogens (primary N) is 1. The maximum atomic E-state index is 12.6. The Hall–Kier alpha value is -1.93. The van der Waals surface area contributed by atoms with Crippen LogP contribution in [0.1, 0.15) is 23.2 Å². The Morgan fingerprint density at radius 2 is 2.00 bits per heavy atom. The van der Waals surface area contributed by atoms with Gasteiger partial charge in [-0.1, -0.05) is 0 Å². The minimum atomic E-state index is -5.13. The molecule has 0 saturated heterocycles. The summed E-state index contributed by atoms with van der Waals surface area (Å²) >= 11 is 0. The van der Waals surface area contributed by atoms with Gasteiger partial charge in [0.1, 0.15) is 5.82 Å². The first-order valence-corrected chi connectivity index (χ1v) is 4.49. The van der Waals surface area contributed by atoms with Crippen molar-refractivity contribution in [3.05, 3.63) is 22.9 Å². The van der Waals surface area contributed by atoms with E-state index in [1.54, 1.807) is 0 Å². The molecule has 18 heavy (non-hydrogen) atoms. The quantitative estimate of drug-likeness (QED) is 0.826. The molecule has 3 N–H and O–H groups in total. The molecule has 1 aromatic heterocycles. The van der Waals surface area contributed by atoms with Gasteiger partial charge in [-0.05, 0) is 6.07 Å². The van der Waals surface area contributed by atoms with Gasteiger partial charge in [0.25, 0.3) is 6.43 Å². The molecule has 0 amide bonds. The van der Waals surface area contributed by atoms with E-state index in [1.807, 2.05) is 0 Å². The number of aliphatic carboxylic acids is 1. The molecular weight excluding hydrogens is 263 g/mol. The van der Waals surface area contributed by atoms with Gasteiger partial charge in [0.2, 0.25) is 0 Å². The minimum absolute atomic E-state index is 0.388. The summed E-state index contributed by atoms with van der Waals surface area (Å²) in [6.45, 7) is 0. The van der Waals surface area contributed by atoms with E-state index in [2.05, 4.69) is 4.98 Å². The van der Waals surface area contributed by atoms with Gasteiger partial charge in [-0.25, -0.2) is 13.8 Å². The third-order valence-electron chi connectivity index (χ3n) is 1.98. The van der Waals surface area contributed by atoms with Crippen molar-refractivity contribution in [3.8, 4) is 0 Å². The Morgan fingerprint density at radius 3 is 2.39 bits per heavy atom. The molecule has 0 aliphatic carbocycles. The van der Waals surface area contributed by atoms with Crippen LogP contribution in [0.2, 0.25) is 0 Å². The molecule has 0 aliphatic heterocycles. The number of rotatable bonds is 3. The highest BCUT2D eigenvalue weighted by Crippen LogP contribution is 2.39. The van der Waals surface area contributed by atoms with Gasteiger partial charge in [0.05, 0.1) is 17.7 Å². The standard InChI is InChI=1S/C9H7F5N2O2/c10-8(11)3-1-5(15)16-4(2-6(17)18)7(3)9(12,13)14/h1,8H,2H2,(H2,15,16)(H,17,18). The fourth-order valence-corrected chi connectivity index (χ4v) is 1.41. The summed E-state index contributed by atoms with van der Waals surface area (Å²) in [5.41, 5.74) is 0.947. The van der Waals surface area contributed by atoms with Crippen molar-refractivity contribution in [2.75, 3.05) is 5.73 Å². The van der Waals surface area contributed by atoms with E-state index in [0.29, 0.717) is 6.07 Å². The van der Waals surface area contributed by atoms with Gasteiger partial charge in [-0.3, -0.25) is 4.79 Å². The van der Waals surface area contributed by atoms with Crippen LogP contribution in [0.3, 0.4) is 0 Å². The Kier molecular flexibility index (Phi) is 3.73. The molecular formula is C9H7F5N2O2. The highest BCUT2D eigenvalue weighted by molar-refractivity contribution is 5.70. The number of carbonyl (C=O) groups is 1. The van der Waals surface area contributed by atoms with Crippen LogP contribution in [0.4, 0.5) is 27.8 Å². The van der Waals surface area contributed by atoms with Crippen LogP contribution in [-0.4, -0.2) is 16.1 Å². The number of alkyl halides is 5. The Morgan fingerprint density at radius 1 is 1.44 bits per heavy atom. The fourth-order valence-electron chi connectivity index (χ4n) is 1.41. The highest BCUT2D eigenvalue weighted by Gasteiger charge is 2.39. The van der Waals surface area contributed by atoms with Crippen molar-refractivity contribution in [2.24, 2.45) is 0 Å². The van der Waals surface area contributed by atoms with Gasteiger partial charge in [-0.15, -0.1) is 0 Å². The van der Waals surface area contributed by atoms with E-state index in [1.165, 1.54) is 0 Å². The number of carboxylic acids is 1. The lowest BCUT2D eigenvalue weighted by molar-refractivity contribution is -0.141. The Bertz CT molecular complexity index is 473. The lowest BCUT2D eigenvalue weighted by Crippen LogP contribution is -2.18. The minimum Gasteiger partial charge on any atom is -0.481 e. The third kappa shape index (κ3) is 3.05. The summed E-state index contributed by atoms with van der Waals surface area (Å²) in [6, 6.07) is 0.388. The number of halogens is 5. The molecule has 1 aromatic rings. The first-order valence-electron chi connectivity index (χ1n) is 4.49. The summed E-state index contributed by atoms with van der Waals surface area (Å²) < 4.78 is 63.0. The molecule has 0 saturated carbocycles. The van der Waals surface area contributed by atoms with Gasteiger partial charge < -0.3 is 10.8 Å². The van der Waals surface area contributed by atoms with Gasteiger partial charge in [0, 0.05) is 5.56 Å². The number of anilines is 1. The monoisotopic (exact) mass is 270 g/mol. The number of carboxylic acid groups (broad SMARTS) is 1. The zero-order valence-corrected chi connectivity index (χ0v) is 8.63. The van der Waals surface area contributed by atoms with Gasteiger partial charge >= 0.3 is 12.1 Å². The van der Waals surface area contributed by atoms with Crippen LogP contribution < -0.4 is 5.73 Å². The number of nitrogens with zero attached hydrogens (tertiary/aromatic N) is 1. The molecule has 0 radical (unpaired) electrons. The van der Waals surface area contributed by atoms with Crippen LogP contribution in [0.25, 0.3) is 0 Å². The van der Waals surface area contributed by atoms with Crippen LogP contribution >= 0.6 is 0 Å². The van der Waals surface area contributed by atoms with Crippen molar-refractivity contribution in [2.45, 2.75) is 19.0 Å². The van der Waals surface area contributed by atoms with Gasteiger partial charge in [-0.2, -0.15) is 13.2 Å². The normalized spacial score (nSPS) is 11.9. The molecule has 0 bridgehead atoms. The van der Waals surface area contributed by atoms with E-state index in [4.69, 9.17) is 10.8 Å². The second kappa shape index (κ2) is 4.75. The average molecular weight is 270 g/mol. The highest BCUT2D eigenvalue weighted by atomic mass is 19.4. The molecule has 1 rings (SSSR count). The molecule has 0 unspecified atom stereocenters. The first-order chi connectivity index (χ1) is 8.12. The molecule has 0 aromatic carbocycles. The number of pyridine rings is 1. The maximum Gasteiger partial charge on any atom is 0.418 e. The van der Waals surface area contributed by atoms with Crippen LogP contribution in [0.5, 0.6) is 0 Å². The predicted molar refractivity (Wildman–Crippen MR) is 49.9 cm³/mol. The van der Waals surface area contributed by atoms with Crippen molar-refractivity contribution < 1.29 is 31.9 Å². The number of hydrogen-bond donors (Lipinski definition) is 2. The largest absolute Gasteiger partial charge is 0.481 e. The number of aromatic nitrogens is 1. The Balaban J connectivity index is 3.53. The second-order valence-electron chi connectivity index (χ2n) is 3.33. The lowest BCUT2D eigenvalue weighted by Gasteiger charge is -2.16. The summed E-state index contributed by atoms with van der Waals surface area (Å²) in [5.74, 6) is -2.21. The molecule has 0 aliphatic rings. The van der Waals surface area contributed by atoms with Crippen molar-refractivity contribution in [1.29, 1.82) is 0 Å². The van der Waals surface area contributed by atoms with Crippen molar-refractivity contribution in [1.82, 2.24) is 4.98 Å². The lowest BCUT2D eigenvalue weighted by atomic mass is 10.0. The summed E-state index contributed by atoms with van der Waals surface area (Å²) in [6.07, 6.45) is -9.70. The van der Waals surface area contributed by atoms with E-state index >= 15 is 0 Å². The summed E-state index contributed by atoms with van der Waals surface area (Å²) in [5, 5.41) is 8.44. The van der Waals surface area contributed by atoms with Crippen molar-refractivity contribution >= 4 is 11.8 Å². The molecule has 100 valence electrons. The zero-order valence-electron chi connectivity index (χ0n) is 8.63. The maximum absolute atomic E-state index is 12.6. The zero-order chi connectivity index (χ0) is 14.1. The average Bonchev–Trinajstić information content (AvgIpc) is 2.12. The topological polar surface area (TPSA) is 76.2 Å². The Labute approximate surface area is 97.2 Å². The van der Waals surface area contributed by atoms with E-state index in [9.17, 15) is 26.7 Å². The summed E-state index contributed by atoms with van der Waals surface area (Å²) in [7, 11) is 0. The first kappa shape index (κ1) is 14.1. The van der Waals surface area contributed by atoms with Crippen LogP contribution in [0.15, 0.2) is 6.07 Å². The molecule has 0 spiro atoms. The molecule has 0 atom stereocenters. The number of hydrogen-bond acceptors (Lipinski definition) is 3. The number of nitrogen functional groups attached to an aromatic ring is 1. The van der Waals surface area contributed by atoms with E-state index < -0.39 is 47.6 Å². The smallest absolute Gasteiger partial charge is 0.418 e. The van der Waals surface area contributed by atoms with E-state index in [0.717, 1.165) is 0 Å². The van der Waals surface area contributed by atoms with Crippen LogP contribution in [-0.2, 0) is 17.4 Å². The second-order valence-corrected chi connectivity index (χ2v) is 3.33. The SMILES string of the molecule is Nc1cc(C(F)F)c(C(F)(F)F)c(CC(=O)O)n1. The van der Waals surface area contributed by atoms with Crippen LogP contribution in [0, 0.1) is 0 Å². The molecule has 9 heteroatoms. The van der Waals surface area contributed by atoms with Crippen molar-refractivity contribution in [3.63, 3.8) is 0 Å². The third-order valence-corrected chi connectivity index (χ3v) is 1.98.